The van der Waals surface area contributed by atoms with Gasteiger partial charge >= 0.3 is 0 Å². The van der Waals surface area contributed by atoms with Gasteiger partial charge in [-0.1, -0.05) is 34.1 Å². The fourth-order valence-electron chi connectivity index (χ4n) is 1.74. The van der Waals surface area contributed by atoms with Gasteiger partial charge in [0.05, 0.1) is 11.9 Å². The number of nitrogens with zero attached hydrogens (tertiary/aromatic N) is 1. The second kappa shape index (κ2) is 7.05. The zero-order chi connectivity index (χ0) is 14.4. The lowest BCUT2D eigenvalue weighted by Gasteiger charge is -2.07. The van der Waals surface area contributed by atoms with Crippen LogP contribution in [-0.4, -0.2) is 17.4 Å². The topological polar surface area (TPSA) is 54.0 Å². The Morgan fingerprint density at radius 1 is 1.25 bits per heavy atom. The maximum atomic E-state index is 12.0. The van der Waals surface area contributed by atoms with Crippen molar-refractivity contribution in [3.8, 4) is 0 Å². The lowest BCUT2D eigenvalue weighted by atomic mass is 10.2. The van der Waals surface area contributed by atoms with Crippen molar-refractivity contribution in [3.63, 3.8) is 0 Å². The van der Waals surface area contributed by atoms with E-state index < -0.39 is 0 Å². The van der Waals surface area contributed by atoms with Gasteiger partial charge in [0.25, 0.3) is 5.91 Å². The van der Waals surface area contributed by atoms with E-state index in [0.717, 1.165) is 22.3 Å². The van der Waals surface area contributed by atoms with Crippen LogP contribution in [0.4, 0.5) is 5.69 Å². The average Bonchev–Trinajstić information content (AvgIpc) is 2.47. The molecule has 1 aromatic carbocycles. The van der Waals surface area contributed by atoms with Gasteiger partial charge in [0, 0.05) is 17.6 Å². The van der Waals surface area contributed by atoms with E-state index in [1.54, 1.807) is 12.3 Å². The first kappa shape index (κ1) is 14.5. The molecular weight excluding hydrogens is 318 g/mol. The quantitative estimate of drug-likeness (QED) is 0.883. The minimum absolute atomic E-state index is 0.177. The van der Waals surface area contributed by atoms with Crippen LogP contribution in [0.2, 0.25) is 0 Å². The minimum atomic E-state index is -0.177. The van der Waals surface area contributed by atoms with Crippen LogP contribution in [0.1, 0.15) is 23.0 Å². The van der Waals surface area contributed by atoms with Crippen LogP contribution in [-0.2, 0) is 6.54 Å². The largest absolute Gasteiger partial charge is 0.384 e. The lowest BCUT2D eigenvalue weighted by Crippen LogP contribution is -2.23. The highest BCUT2D eigenvalue weighted by molar-refractivity contribution is 9.10. The van der Waals surface area contributed by atoms with Gasteiger partial charge in [-0.15, -0.1) is 0 Å². The summed E-state index contributed by atoms with van der Waals surface area (Å²) in [5, 5.41) is 5.99. The summed E-state index contributed by atoms with van der Waals surface area (Å²) < 4.78 is 0.982. The molecule has 1 amide bonds. The Balaban J connectivity index is 1.96. The number of amides is 1. The molecule has 0 atom stereocenters. The Labute approximate surface area is 126 Å². The summed E-state index contributed by atoms with van der Waals surface area (Å²) in [6, 6.07) is 11.4. The normalized spacial score (nSPS) is 10.1. The van der Waals surface area contributed by atoms with Crippen LogP contribution in [0, 0.1) is 0 Å². The fourth-order valence-corrected chi connectivity index (χ4v) is 2.17. The number of rotatable bonds is 5. The molecule has 0 aliphatic carbocycles. The molecule has 0 fully saturated rings. The van der Waals surface area contributed by atoms with Crippen molar-refractivity contribution >= 4 is 27.5 Å². The van der Waals surface area contributed by atoms with Crippen molar-refractivity contribution in [2.75, 3.05) is 11.9 Å². The Morgan fingerprint density at radius 2 is 2.05 bits per heavy atom. The number of halogens is 1. The maximum absolute atomic E-state index is 12.0. The highest BCUT2D eigenvalue weighted by atomic mass is 79.9. The Hall–Kier alpha value is -1.88. The molecule has 1 aromatic heterocycles. The molecule has 0 aliphatic heterocycles. The number of hydrogen-bond donors (Lipinski definition) is 2. The standard InChI is InChI=1S/C15H16BrN3O/c1-2-17-12-7-8-14(18-10-12)15(20)19-9-11-5-3-4-6-13(11)16/h3-8,10,17H,2,9H2,1H3,(H,19,20). The number of hydrogen-bond acceptors (Lipinski definition) is 3. The predicted molar refractivity (Wildman–Crippen MR) is 83.7 cm³/mol. The number of benzene rings is 1. The van der Waals surface area contributed by atoms with Crippen molar-refractivity contribution in [3.05, 3.63) is 58.3 Å². The number of carbonyl (C=O) groups is 1. The maximum Gasteiger partial charge on any atom is 0.270 e. The van der Waals surface area contributed by atoms with Crippen LogP contribution in [0.3, 0.4) is 0 Å². The van der Waals surface area contributed by atoms with Crippen LogP contribution in [0.15, 0.2) is 47.1 Å². The van der Waals surface area contributed by atoms with Gasteiger partial charge in [-0.25, -0.2) is 4.98 Å². The second-order valence-electron chi connectivity index (χ2n) is 4.24. The molecule has 0 aliphatic rings. The summed E-state index contributed by atoms with van der Waals surface area (Å²) in [5.74, 6) is -0.177. The Kier molecular flexibility index (Phi) is 5.12. The van der Waals surface area contributed by atoms with E-state index >= 15 is 0 Å². The third-order valence-corrected chi connectivity index (χ3v) is 3.55. The SMILES string of the molecule is CCNc1ccc(C(=O)NCc2ccccc2Br)nc1. The molecule has 0 radical (unpaired) electrons. The van der Waals surface area contributed by atoms with E-state index in [4.69, 9.17) is 0 Å². The first-order chi connectivity index (χ1) is 9.70. The van der Waals surface area contributed by atoms with Crippen molar-refractivity contribution in [1.82, 2.24) is 10.3 Å². The van der Waals surface area contributed by atoms with E-state index in [2.05, 4.69) is 31.5 Å². The molecule has 0 spiro atoms. The fraction of sp³-hybridized carbons (Fsp3) is 0.200. The first-order valence-corrected chi connectivity index (χ1v) is 7.21. The third-order valence-electron chi connectivity index (χ3n) is 2.77. The number of aromatic nitrogens is 1. The Morgan fingerprint density at radius 3 is 2.70 bits per heavy atom. The third kappa shape index (κ3) is 3.81. The number of carbonyl (C=O) groups excluding carboxylic acids is 1. The van der Waals surface area contributed by atoms with E-state index in [-0.39, 0.29) is 5.91 Å². The average molecular weight is 334 g/mol. The van der Waals surface area contributed by atoms with E-state index in [9.17, 15) is 4.79 Å². The van der Waals surface area contributed by atoms with Crippen LogP contribution >= 0.6 is 15.9 Å². The number of pyridine rings is 1. The van der Waals surface area contributed by atoms with Gasteiger partial charge in [-0.3, -0.25) is 4.79 Å². The Bertz CT molecular complexity index is 584. The summed E-state index contributed by atoms with van der Waals surface area (Å²) in [5.41, 5.74) is 2.36. The molecule has 0 unspecified atom stereocenters. The van der Waals surface area contributed by atoms with Gasteiger partial charge in [0.2, 0.25) is 0 Å². The molecule has 2 aromatic rings. The van der Waals surface area contributed by atoms with Crippen molar-refractivity contribution in [2.45, 2.75) is 13.5 Å². The second-order valence-corrected chi connectivity index (χ2v) is 5.09. The van der Waals surface area contributed by atoms with E-state index in [1.807, 2.05) is 37.3 Å². The molecule has 20 heavy (non-hydrogen) atoms. The summed E-state index contributed by atoms with van der Waals surface area (Å²) in [7, 11) is 0. The number of anilines is 1. The molecule has 1 heterocycles. The smallest absolute Gasteiger partial charge is 0.270 e. The van der Waals surface area contributed by atoms with Gasteiger partial charge in [-0.2, -0.15) is 0 Å². The van der Waals surface area contributed by atoms with Crippen molar-refractivity contribution < 1.29 is 4.79 Å². The lowest BCUT2D eigenvalue weighted by molar-refractivity contribution is 0.0946. The van der Waals surface area contributed by atoms with Gasteiger partial charge in [-0.05, 0) is 30.7 Å². The van der Waals surface area contributed by atoms with E-state index in [1.165, 1.54) is 0 Å². The predicted octanol–water partition coefficient (Wildman–Crippen LogP) is 3.21. The van der Waals surface area contributed by atoms with Crippen molar-refractivity contribution in [2.24, 2.45) is 0 Å². The van der Waals surface area contributed by atoms with Crippen molar-refractivity contribution in [1.29, 1.82) is 0 Å². The summed E-state index contributed by atoms with van der Waals surface area (Å²) >= 11 is 3.45. The summed E-state index contributed by atoms with van der Waals surface area (Å²) in [6.45, 7) is 3.31. The molecule has 5 heteroatoms. The summed E-state index contributed by atoms with van der Waals surface area (Å²) in [6.07, 6.45) is 1.66. The highest BCUT2D eigenvalue weighted by Gasteiger charge is 2.07. The zero-order valence-corrected chi connectivity index (χ0v) is 12.8. The monoisotopic (exact) mass is 333 g/mol. The van der Waals surface area contributed by atoms with Crippen LogP contribution in [0.5, 0.6) is 0 Å². The zero-order valence-electron chi connectivity index (χ0n) is 11.2. The minimum Gasteiger partial charge on any atom is -0.384 e. The molecule has 2 N–H and O–H groups in total. The van der Waals surface area contributed by atoms with Crippen LogP contribution < -0.4 is 10.6 Å². The molecular formula is C15H16BrN3O. The molecule has 0 saturated heterocycles. The summed E-state index contributed by atoms with van der Waals surface area (Å²) in [4.78, 5) is 16.1. The molecule has 0 saturated carbocycles. The first-order valence-electron chi connectivity index (χ1n) is 6.42. The highest BCUT2D eigenvalue weighted by Crippen LogP contribution is 2.15. The van der Waals surface area contributed by atoms with Gasteiger partial charge in [0.1, 0.15) is 5.69 Å². The molecule has 104 valence electrons. The van der Waals surface area contributed by atoms with Crippen LogP contribution in [0.25, 0.3) is 0 Å². The van der Waals surface area contributed by atoms with Gasteiger partial charge in [0.15, 0.2) is 0 Å². The molecule has 4 nitrogen and oxygen atoms in total. The molecule has 2 rings (SSSR count). The van der Waals surface area contributed by atoms with E-state index in [0.29, 0.717) is 12.2 Å². The van der Waals surface area contributed by atoms with Gasteiger partial charge < -0.3 is 10.6 Å². The number of nitrogens with one attached hydrogen (secondary N) is 2. The molecule has 0 bridgehead atoms.